The van der Waals surface area contributed by atoms with E-state index < -0.39 is 10.0 Å². The van der Waals surface area contributed by atoms with Gasteiger partial charge >= 0.3 is 0 Å². The Hall–Kier alpha value is -1.38. The fraction of sp³-hybridized carbons (Fsp3) is 0.545. The summed E-state index contributed by atoms with van der Waals surface area (Å²) in [4.78, 5) is 13.8. The highest BCUT2D eigenvalue weighted by molar-refractivity contribution is 7.89. The van der Waals surface area contributed by atoms with E-state index in [1.807, 2.05) is 6.92 Å². The molecule has 1 saturated heterocycles. The second kappa shape index (κ2) is 5.32. The second-order valence-electron chi connectivity index (χ2n) is 4.43. The maximum Gasteiger partial charge on any atom is 0.289 e. The Balaban J connectivity index is 2.16. The highest BCUT2D eigenvalue weighted by Gasteiger charge is 2.25. The molecule has 0 spiro atoms. The molecule has 0 aromatic carbocycles. The minimum absolute atomic E-state index is 0.0444. The molecule has 2 heterocycles. The van der Waals surface area contributed by atoms with E-state index in [-0.39, 0.29) is 22.8 Å². The molecule has 0 unspecified atom stereocenters. The smallest absolute Gasteiger partial charge is 0.289 e. The van der Waals surface area contributed by atoms with E-state index in [0.29, 0.717) is 13.1 Å². The Morgan fingerprint density at radius 3 is 2.89 bits per heavy atom. The number of hydrogen-bond donors (Lipinski definition) is 2. The predicted molar refractivity (Wildman–Crippen MR) is 68.3 cm³/mol. The molecule has 8 heteroatoms. The van der Waals surface area contributed by atoms with Gasteiger partial charge in [0.15, 0.2) is 5.76 Å². The molecular formula is C11H17N3O4S. The average Bonchev–Trinajstić information content (AvgIpc) is 2.88. The molecule has 1 aromatic heterocycles. The Labute approximate surface area is 112 Å². The normalized spacial score (nSPS) is 20.5. The van der Waals surface area contributed by atoms with Crippen LogP contribution in [0.15, 0.2) is 21.6 Å². The van der Waals surface area contributed by atoms with Gasteiger partial charge < -0.3 is 14.6 Å². The maximum atomic E-state index is 12.2. The highest BCUT2D eigenvalue weighted by atomic mass is 32.2. The maximum absolute atomic E-state index is 12.2. The van der Waals surface area contributed by atoms with Crippen molar-refractivity contribution in [2.75, 3.05) is 26.7 Å². The van der Waals surface area contributed by atoms with Gasteiger partial charge in [-0.15, -0.1) is 0 Å². The minimum atomic E-state index is -3.65. The summed E-state index contributed by atoms with van der Waals surface area (Å²) in [7, 11) is -2.36. The van der Waals surface area contributed by atoms with Gasteiger partial charge in [-0.25, -0.2) is 13.1 Å². The Morgan fingerprint density at radius 2 is 2.26 bits per heavy atom. The van der Waals surface area contributed by atoms with Crippen molar-refractivity contribution in [3.63, 3.8) is 0 Å². The van der Waals surface area contributed by atoms with Crippen LogP contribution in [-0.4, -0.2) is 51.9 Å². The quantitative estimate of drug-likeness (QED) is 0.791. The summed E-state index contributed by atoms with van der Waals surface area (Å²) in [6.45, 7) is 3.86. The third-order valence-corrected chi connectivity index (χ3v) is 4.27. The van der Waals surface area contributed by atoms with Crippen LogP contribution in [0.25, 0.3) is 0 Å². The van der Waals surface area contributed by atoms with Gasteiger partial charge in [-0.3, -0.25) is 4.79 Å². The van der Waals surface area contributed by atoms with Crippen molar-refractivity contribution in [3.05, 3.63) is 17.9 Å². The zero-order valence-corrected chi connectivity index (χ0v) is 11.7. The summed E-state index contributed by atoms with van der Waals surface area (Å²) >= 11 is 0. The number of sulfonamides is 1. The van der Waals surface area contributed by atoms with Gasteiger partial charge in [-0.05, 0) is 26.1 Å². The Bertz CT molecular complexity index is 566. The van der Waals surface area contributed by atoms with Gasteiger partial charge in [-0.2, -0.15) is 0 Å². The van der Waals surface area contributed by atoms with Crippen LogP contribution in [0.2, 0.25) is 0 Å². The average molecular weight is 287 g/mol. The topological polar surface area (TPSA) is 91.7 Å². The molecule has 1 aliphatic rings. The predicted octanol–water partition coefficient (Wildman–Crippen LogP) is -0.378. The molecule has 1 atom stereocenters. The van der Waals surface area contributed by atoms with Crippen molar-refractivity contribution in [3.8, 4) is 0 Å². The van der Waals surface area contributed by atoms with Gasteiger partial charge in [0.25, 0.3) is 15.9 Å². The number of hydrogen-bond acceptors (Lipinski definition) is 5. The van der Waals surface area contributed by atoms with Crippen molar-refractivity contribution in [1.82, 2.24) is 14.9 Å². The molecule has 7 nitrogen and oxygen atoms in total. The molecule has 0 aliphatic carbocycles. The SMILES string of the molecule is CNS(=O)(=O)c1ccc(C(=O)N2CCN[C@H](C)C2)o1. The first-order valence-electron chi connectivity index (χ1n) is 6.00. The van der Waals surface area contributed by atoms with Crippen LogP contribution in [0.1, 0.15) is 17.5 Å². The summed E-state index contributed by atoms with van der Waals surface area (Å²) in [5.74, 6) is -0.242. The van der Waals surface area contributed by atoms with E-state index in [0.717, 1.165) is 6.54 Å². The van der Waals surface area contributed by atoms with Crippen molar-refractivity contribution in [1.29, 1.82) is 0 Å². The molecule has 106 valence electrons. The lowest BCUT2D eigenvalue weighted by Gasteiger charge is -2.31. The lowest BCUT2D eigenvalue weighted by Crippen LogP contribution is -2.51. The van der Waals surface area contributed by atoms with Crippen LogP contribution in [0.3, 0.4) is 0 Å². The molecule has 1 fully saturated rings. The molecule has 1 aliphatic heterocycles. The van der Waals surface area contributed by atoms with Crippen LogP contribution in [-0.2, 0) is 10.0 Å². The van der Waals surface area contributed by atoms with Crippen LogP contribution in [0.4, 0.5) is 0 Å². The van der Waals surface area contributed by atoms with E-state index in [9.17, 15) is 13.2 Å². The Kier molecular flexibility index (Phi) is 3.93. The van der Waals surface area contributed by atoms with Gasteiger partial charge in [0.2, 0.25) is 5.09 Å². The summed E-state index contributed by atoms with van der Waals surface area (Å²) in [5, 5.41) is 2.98. The number of nitrogens with zero attached hydrogens (tertiary/aromatic N) is 1. The van der Waals surface area contributed by atoms with Gasteiger partial charge in [0.1, 0.15) is 0 Å². The van der Waals surface area contributed by atoms with E-state index in [2.05, 4.69) is 10.0 Å². The third kappa shape index (κ3) is 2.96. The van der Waals surface area contributed by atoms with Crippen LogP contribution in [0, 0.1) is 0 Å². The highest BCUT2D eigenvalue weighted by Crippen LogP contribution is 2.16. The molecule has 0 saturated carbocycles. The largest absolute Gasteiger partial charge is 0.438 e. The fourth-order valence-corrected chi connectivity index (χ4v) is 2.60. The first-order chi connectivity index (χ1) is 8.94. The van der Waals surface area contributed by atoms with Crippen LogP contribution >= 0.6 is 0 Å². The molecule has 0 radical (unpaired) electrons. The molecule has 2 N–H and O–H groups in total. The summed E-state index contributed by atoms with van der Waals surface area (Å²) in [6, 6.07) is 2.89. The lowest BCUT2D eigenvalue weighted by atomic mass is 10.2. The molecule has 19 heavy (non-hydrogen) atoms. The number of rotatable bonds is 3. The van der Waals surface area contributed by atoms with E-state index in [4.69, 9.17) is 4.42 Å². The van der Waals surface area contributed by atoms with E-state index in [1.54, 1.807) is 4.90 Å². The van der Waals surface area contributed by atoms with Crippen LogP contribution < -0.4 is 10.0 Å². The molecule has 2 rings (SSSR count). The van der Waals surface area contributed by atoms with E-state index in [1.165, 1.54) is 19.2 Å². The van der Waals surface area contributed by atoms with Crippen molar-refractivity contribution in [2.24, 2.45) is 0 Å². The fourth-order valence-electron chi connectivity index (χ4n) is 1.95. The molecule has 1 aromatic rings. The minimum Gasteiger partial charge on any atom is -0.438 e. The van der Waals surface area contributed by atoms with Crippen molar-refractivity contribution in [2.45, 2.75) is 18.1 Å². The summed E-state index contributed by atoms with van der Waals surface area (Å²) < 4.78 is 30.3. The first-order valence-corrected chi connectivity index (χ1v) is 7.48. The lowest BCUT2D eigenvalue weighted by molar-refractivity contribution is 0.0671. The van der Waals surface area contributed by atoms with Gasteiger partial charge in [-0.1, -0.05) is 0 Å². The molecular weight excluding hydrogens is 270 g/mol. The van der Waals surface area contributed by atoms with Gasteiger partial charge in [0, 0.05) is 25.7 Å². The zero-order chi connectivity index (χ0) is 14.0. The second-order valence-corrected chi connectivity index (χ2v) is 6.25. The molecule has 0 bridgehead atoms. The van der Waals surface area contributed by atoms with Crippen molar-refractivity contribution < 1.29 is 17.6 Å². The standard InChI is InChI=1S/C11H17N3O4S/c1-8-7-14(6-5-13-8)11(15)9-3-4-10(18-9)19(16,17)12-2/h3-4,8,12-13H,5-7H2,1-2H3/t8-/m1/s1. The third-order valence-electron chi connectivity index (χ3n) is 2.98. The molecule has 1 amide bonds. The number of amides is 1. The number of carbonyl (C=O) groups is 1. The number of nitrogens with one attached hydrogen (secondary N) is 2. The first kappa shape index (κ1) is 14.0. The van der Waals surface area contributed by atoms with Crippen LogP contribution in [0.5, 0.6) is 0 Å². The van der Waals surface area contributed by atoms with Crippen molar-refractivity contribution >= 4 is 15.9 Å². The number of piperazine rings is 1. The van der Waals surface area contributed by atoms with E-state index >= 15 is 0 Å². The Morgan fingerprint density at radius 1 is 1.53 bits per heavy atom. The summed E-state index contributed by atoms with van der Waals surface area (Å²) in [6.07, 6.45) is 0. The number of furan rings is 1. The number of carbonyl (C=O) groups excluding carboxylic acids is 1. The van der Waals surface area contributed by atoms with Gasteiger partial charge in [0.05, 0.1) is 0 Å². The zero-order valence-electron chi connectivity index (χ0n) is 10.8. The monoisotopic (exact) mass is 287 g/mol. The summed E-state index contributed by atoms with van der Waals surface area (Å²) in [5.41, 5.74) is 0.